The molecule has 3 atom stereocenters. The second-order valence-corrected chi connectivity index (χ2v) is 5.87. The molecular formula is C16H31N3O2. The number of rotatable bonds is 10. The van der Waals surface area contributed by atoms with Crippen molar-refractivity contribution in [3.63, 3.8) is 0 Å². The molecule has 21 heavy (non-hydrogen) atoms. The molecule has 0 bridgehead atoms. The Hall–Kier alpha value is -0.940. The van der Waals surface area contributed by atoms with Gasteiger partial charge in [0.1, 0.15) is 6.10 Å². The highest BCUT2D eigenvalue weighted by molar-refractivity contribution is 5.00. The predicted octanol–water partition coefficient (Wildman–Crippen LogP) is 3.68. The zero-order valence-electron chi connectivity index (χ0n) is 14.3. The molecule has 1 rings (SSSR count). The van der Waals surface area contributed by atoms with Crippen LogP contribution in [0.1, 0.15) is 78.1 Å². The number of aromatic nitrogens is 2. The highest BCUT2D eigenvalue weighted by atomic mass is 16.5. The maximum atomic E-state index is 5.74. The van der Waals surface area contributed by atoms with Crippen molar-refractivity contribution in [3.05, 3.63) is 11.7 Å². The Morgan fingerprint density at radius 2 is 1.90 bits per heavy atom. The summed E-state index contributed by atoms with van der Waals surface area (Å²) in [6.45, 7) is 14.4. The Balaban J connectivity index is 2.83. The van der Waals surface area contributed by atoms with Crippen molar-refractivity contribution in [2.45, 2.75) is 72.4 Å². The predicted molar refractivity (Wildman–Crippen MR) is 84.3 cm³/mol. The highest BCUT2D eigenvalue weighted by Gasteiger charge is 2.27. The second-order valence-electron chi connectivity index (χ2n) is 5.87. The summed E-state index contributed by atoms with van der Waals surface area (Å²) in [5.41, 5.74) is 0. The minimum Gasteiger partial charge on any atom is -0.370 e. The normalized spacial score (nSPS) is 16.1. The maximum Gasteiger partial charge on any atom is 0.231 e. The Morgan fingerprint density at radius 1 is 1.19 bits per heavy atom. The zero-order chi connectivity index (χ0) is 15.8. The summed E-state index contributed by atoms with van der Waals surface area (Å²) in [5.74, 6) is 1.95. The molecule has 5 nitrogen and oxygen atoms in total. The van der Waals surface area contributed by atoms with Gasteiger partial charge in [-0.05, 0) is 39.2 Å². The van der Waals surface area contributed by atoms with Gasteiger partial charge in [0.15, 0.2) is 0 Å². The Kier molecular flexibility index (Phi) is 7.89. The van der Waals surface area contributed by atoms with Crippen LogP contribution in [0.25, 0.3) is 0 Å². The summed E-state index contributed by atoms with van der Waals surface area (Å²) < 4.78 is 11.3. The second kappa shape index (κ2) is 9.15. The molecule has 0 amide bonds. The molecule has 1 aromatic rings. The fourth-order valence-corrected chi connectivity index (χ4v) is 2.51. The maximum absolute atomic E-state index is 5.74. The lowest BCUT2D eigenvalue weighted by atomic mass is 9.98. The summed E-state index contributed by atoms with van der Waals surface area (Å²) in [6.07, 6.45) is 2.00. The summed E-state index contributed by atoms with van der Waals surface area (Å²) >= 11 is 0. The zero-order valence-corrected chi connectivity index (χ0v) is 14.3. The van der Waals surface area contributed by atoms with Crippen LogP contribution in [0.3, 0.4) is 0 Å². The van der Waals surface area contributed by atoms with Crippen LogP contribution in [0, 0.1) is 5.92 Å². The van der Waals surface area contributed by atoms with Crippen LogP contribution in [0.4, 0.5) is 0 Å². The number of ether oxygens (including phenoxy) is 1. The van der Waals surface area contributed by atoms with E-state index >= 15 is 0 Å². The number of nitrogens with zero attached hydrogens (tertiary/aromatic N) is 2. The molecule has 0 radical (unpaired) electrons. The van der Waals surface area contributed by atoms with Crippen LogP contribution in [0.15, 0.2) is 4.52 Å². The number of hydrogen-bond donors (Lipinski definition) is 1. The van der Waals surface area contributed by atoms with E-state index in [1.807, 2.05) is 6.92 Å². The van der Waals surface area contributed by atoms with E-state index in [0.717, 1.165) is 19.4 Å². The molecule has 0 spiro atoms. The Morgan fingerprint density at radius 3 is 2.43 bits per heavy atom. The molecule has 1 heterocycles. The van der Waals surface area contributed by atoms with Crippen molar-refractivity contribution >= 4 is 0 Å². The molecule has 122 valence electrons. The van der Waals surface area contributed by atoms with Crippen molar-refractivity contribution in [1.29, 1.82) is 0 Å². The van der Waals surface area contributed by atoms with Crippen molar-refractivity contribution in [2.24, 2.45) is 5.92 Å². The molecule has 1 N–H and O–H groups in total. The molecule has 0 aliphatic heterocycles. The van der Waals surface area contributed by atoms with Gasteiger partial charge in [-0.25, -0.2) is 0 Å². The first-order chi connectivity index (χ1) is 10.0. The average Bonchev–Trinajstić information content (AvgIpc) is 2.92. The van der Waals surface area contributed by atoms with Gasteiger partial charge >= 0.3 is 0 Å². The van der Waals surface area contributed by atoms with Gasteiger partial charge in [0.2, 0.25) is 11.7 Å². The van der Waals surface area contributed by atoms with Crippen molar-refractivity contribution in [1.82, 2.24) is 15.5 Å². The lowest BCUT2D eigenvalue weighted by molar-refractivity contribution is 0.0217. The van der Waals surface area contributed by atoms with Crippen LogP contribution in [0.2, 0.25) is 0 Å². The minimum absolute atomic E-state index is 0.0936. The standard InChI is InChI=1S/C16H31N3O2/c1-7-10-17-12(6)13(8-2)16-18-15(19-21-16)14(11(4)5)20-9-3/h11-14,17H,7-10H2,1-6H3. The van der Waals surface area contributed by atoms with Crippen LogP contribution in [0.5, 0.6) is 0 Å². The molecule has 0 saturated carbocycles. The monoisotopic (exact) mass is 297 g/mol. The van der Waals surface area contributed by atoms with E-state index in [-0.39, 0.29) is 12.0 Å². The van der Waals surface area contributed by atoms with Crippen molar-refractivity contribution in [3.8, 4) is 0 Å². The van der Waals surface area contributed by atoms with Gasteiger partial charge in [0, 0.05) is 12.6 Å². The quantitative estimate of drug-likeness (QED) is 0.713. The average molecular weight is 297 g/mol. The van der Waals surface area contributed by atoms with Crippen molar-refractivity contribution in [2.75, 3.05) is 13.2 Å². The highest BCUT2D eigenvalue weighted by Crippen LogP contribution is 2.27. The first-order valence-corrected chi connectivity index (χ1v) is 8.23. The largest absolute Gasteiger partial charge is 0.370 e. The van der Waals surface area contributed by atoms with Gasteiger partial charge in [-0.3, -0.25) is 0 Å². The SMILES string of the molecule is CCCNC(C)C(CC)c1nc(C(OCC)C(C)C)no1. The number of hydrogen-bond acceptors (Lipinski definition) is 5. The summed E-state index contributed by atoms with van der Waals surface area (Å²) in [6, 6.07) is 0.327. The first kappa shape index (κ1) is 18.1. The first-order valence-electron chi connectivity index (χ1n) is 8.23. The van der Waals surface area contributed by atoms with Gasteiger partial charge in [-0.2, -0.15) is 4.98 Å². The van der Waals surface area contributed by atoms with E-state index in [1.54, 1.807) is 0 Å². The molecule has 0 aliphatic rings. The van der Waals surface area contributed by atoms with Gasteiger partial charge < -0.3 is 14.6 Å². The van der Waals surface area contributed by atoms with E-state index in [2.05, 4.69) is 50.1 Å². The molecule has 5 heteroatoms. The van der Waals surface area contributed by atoms with E-state index in [9.17, 15) is 0 Å². The topological polar surface area (TPSA) is 60.2 Å². The smallest absolute Gasteiger partial charge is 0.231 e. The van der Waals surface area contributed by atoms with E-state index in [1.165, 1.54) is 0 Å². The van der Waals surface area contributed by atoms with Crippen LogP contribution in [-0.2, 0) is 4.74 Å². The lowest BCUT2D eigenvalue weighted by Crippen LogP contribution is -2.32. The lowest BCUT2D eigenvalue weighted by Gasteiger charge is -2.20. The molecule has 1 aromatic heterocycles. The molecule has 0 aliphatic carbocycles. The van der Waals surface area contributed by atoms with E-state index < -0.39 is 0 Å². The van der Waals surface area contributed by atoms with Crippen LogP contribution < -0.4 is 5.32 Å². The molecular weight excluding hydrogens is 266 g/mol. The molecule has 0 saturated heterocycles. The summed E-state index contributed by atoms with van der Waals surface area (Å²) in [4.78, 5) is 4.61. The third-order valence-corrected chi connectivity index (χ3v) is 3.74. The fraction of sp³-hybridized carbons (Fsp3) is 0.875. The van der Waals surface area contributed by atoms with Gasteiger partial charge in [0.05, 0.1) is 5.92 Å². The number of nitrogens with one attached hydrogen (secondary N) is 1. The summed E-state index contributed by atoms with van der Waals surface area (Å²) in [5, 5.41) is 7.66. The Labute approximate surface area is 128 Å². The summed E-state index contributed by atoms with van der Waals surface area (Å²) in [7, 11) is 0. The minimum atomic E-state index is -0.0936. The van der Waals surface area contributed by atoms with Gasteiger partial charge in [0.25, 0.3) is 0 Å². The third kappa shape index (κ3) is 5.08. The van der Waals surface area contributed by atoms with Gasteiger partial charge in [-0.15, -0.1) is 0 Å². The molecule has 0 fully saturated rings. The Bertz CT molecular complexity index is 393. The third-order valence-electron chi connectivity index (χ3n) is 3.74. The van der Waals surface area contributed by atoms with Crippen LogP contribution >= 0.6 is 0 Å². The van der Waals surface area contributed by atoms with Crippen molar-refractivity contribution < 1.29 is 9.26 Å². The fourth-order valence-electron chi connectivity index (χ4n) is 2.51. The molecule has 0 aromatic carbocycles. The van der Waals surface area contributed by atoms with E-state index in [0.29, 0.717) is 30.3 Å². The van der Waals surface area contributed by atoms with Crippen LogP contribution in [-0.4, -0.2) is 29.3 Å². The van der Waals surface area contributed by atoms with E-state index in [4.69, 9.17) is 9.26 Å². The molecule has 3 unspecified atom stereocenters. The van der Waals surface area contributed by atoms with Gasteiger partial charge in [-0.1, -0.05) is 32.9 Å².